The minimum absolute atomic E-state index is 0.112. The Hall–Kier alpha value is -2.12. The minimum atomic E-state index is -3.25. The highest BCUT2D eigenvalue weighted by atomic mass is 32.2. The molecule has 2 aromatic rings. The summed E-state index contributed by atoms with van der Waals surface area (Å²) in [6.45, 7) is 3.03. The molecule has 6 nitrogen and oxygen atoms in total. The normalized spacial score (nSPS) is 21.0. The molecule has 1 N–H and O–H groups in total. The molecule has 134 valence electrons. The summed E-state index contributed by atoms with van der Waals surface area (Å²) in [4.78, 5) is 12.6. The van der Waals surface area contributed by atoms with Crippen LogP contribution in [0.15, 0.2) is 52.3 Å². The Labute approximate surface area is 147 Å². The van der Waals surface area contributed by atoms with Gasteiger partial charge in [0.1, 0.15) is 11.9 Å². The second-order valence-electron chi connectivity index (χ2n) is 6.46. The lowest BCUT2D eigenvalue weighted by Gasteiger charge is -2.28. The molecular formula is C18H22N2O4S. The van der Waals surface area contributed by atoms with Gasteiger partial charge in [0, 0.05) is 30.2 Å². The zero-order valence-electron chi connectivity index (χ0n) is 14.3. The van der Waals surface area contributed by atoms with E-state index in [4.69, 9.17) is 4.74 Å². The van der Waals surface area contributed by atoms with E-state index in [0.717, 1.165) is 25.6 Å². The molecule has 0 saturated carbocycles. The van der Waals surface area contributed by atoms with Gasteiger partial charge in [0.2, 0.25) is 0 Å². The molecule has 1 aliphatic heterocycles. The van der Waals surface area contributed by atoms with Crippen LogP contribution in [-0.2, 0) is 9.84 Å². The number of pyridine rings is 1. The molecule has 3 rings (SSSR count). The first kappa shape index (κ1) is 17.7. The Morgan fingerprint density at radius 2 is 1.92 bits per heavy atom. The van der Waals surface area contributed by atoms with Crippen molar-refractivity contribution >= 4 is 9.84 Å². The van der Waals surface area contributed by atoms with Crippen LogP contribution in [0.4, 0.5) is 0 Å². The second-order valence-corrected chi connectivity index (χ2v) is 8.47. The fourth-order valence-corrected chi connectivity index (χ4v) is 3.62. The van der Waals surface area contributed by atoms with Crippen molar-refractivity contribution in [3.63, 3.8) is 0 Å². The first-order valence-electron chi connectivity index (χ1n) is 8.26. The number of aromatic nitrogens is 1. The van der Waals surface area contributed by atoms with E-state index in [1.807, 2.05) is 0 Å². The molecular weight excluding hydrogens is 340 g/mol. The van der Waals surface area contributed by atoms with Crippen LogP contribution < -0.4 is 15.6 Å². The maximum Gasteiger partial charge on any atom is 0.258 e. The molecule has 7 heteroatoms. The van der Waals surface area contributed by atoms with E-state index in [0.29, 0.717) is 17.5 Å². The predicted molar refractivity (Wildman–Crippen MR) is 96.3 cm³/mol. The largest absolute Gasteiger partial charge is 0.490 e. The van der Waals surface area contributed by atoms with Crippen LogP contribution in [0.2, 0.25) is 0 Å². The molecule has 0 spiro atoms. The highest BCUT2D eigenvalue weighted by Gasteiger charge is 2.19. The highest BCUT2D eigenvalue weighted by Crippen LogP contribution is 2.18. The SMILES string of the molecule is CC1CC(Oc2ccn(-c3ccc(S(C)(=O)=O)cc3)c(=O)c2)CCN1. The monoisotopic (exact) mass is 362 g/mol. The van der Waals surface area contributed by atoms with E-state index in [-0.39, 0.29) is 16.6 Å². The van der Waals surface area contributed by atoms with Crippen LogP contribution in [0, 0.1) is 0 Å². The van der Waals surface area contributed by atoms with E-state index in [1.165, 1.54) is 22.8 Å². The summed E-state index contributed by atoms with van der Waals surface area (Å²) in [6, 6.07) is 9.87. The lowest BCUT2D eigenvalue weighted by Crippen LogP contribution is -2.40. The van der Waals surface area contributed by atoms with Crippen LogP contribution in [0.1, 0.15) is 19.8 Å². The number of sulfone groups is 1. The summed E-state index contributed by atoms with van der Waals surface area (Å²) < 4.78 is 30.4. The van der Waals surface area contributed by atoms with Crippen molar-refractivity contribution in [1.82, 2.24) is 9.88 Å². The van der Waals surface area contributed by atoms with Gasteiger partial charge in [-0.05, 0) is 56.6 Å². The second kappa shape index (κ2) is 7.01. The predicted octanol–water partition coefficient (Wildman–Crippen LogP) is 1.76. The maximum absolute atomic E-state index is 12.4. The van der Waals surface area contributed by atoms with Crippen molar-refractivity contribution in [2.24, 2.45) is 0 Å². The van der Waals surface area contributed by atoms with Gasteiger partial charge in [0.15, 0.2) is 9.84 Å². The van der Waals surface area contributed by atoms with E-state index < -0.39 is 9.84 Å². The molecule has 2 atom stereocenters. The van der Waals surface area contributed by atoms with E-state index in [1.54, 1.807) is 24.4 Å². The number of hydrogen-bond acceptors (Lipinski definition) is 5. The van der Waals surface area contributed by atoms with Gasteiger partial charge in [-0.2, -0.15) is 0 Å². The van der Waals surface area contributed by atoms with Gasteiger partial charge < -0.3 is 10.1 Å². The van der Waals surface area contributed by atoms with Crippen LogP contribution >= 0.6 is 0 Å². The average molecular weight is 362 g/mol. The molecule has 0 amide bonds. The Balaban J connectivity index is 1.79. The Morgan fingerprint density at radius 1 is 1.20 bits per heavy atom. The quantitative estimate of drug-likeness (QED) is 0.897. The zero-order valence-corrected chi connectivity index (χ0v) is 15.1. The zero-order chi connectivity index (χ0) is 18.0. The van der Waals surface area contributed by atoms with E-state index >= 15 is 0 Å². The van der Waals surface area contributed by atoms with Crippen molar-refractivity contribution in [3.05, 3.63) is 52.9 Å². The number of benzene rings is 1. The van der Waals surface area contributed by atoms with Gasteiger partial charge in [-0.25, -0.2) is 8.42 Å². The topological polar surface area (TPSA) is 77.4 Å². The Morgan fingerprint density at radius 3 is 2.52 bits per heavy atom. The van der Waals surface area contributed by atoms with Crippen molar-refractivity contribution in [3.8, 4) is 11.4 Å². The number of piperidine rings is 1. The van der Waals surface area contributed by atoms with Crippen LogP contribution in [0.5, 0.6) is 5.75 Å². The van der Waals surface area contributed by atoms with Crippen molar-refractivity contribution in [1.29, 1.82) is 0 Å². The molecule has 0 radical (unpaired) electrons. The van der Waals surface area contributed by atoms with Gasteiger partial charge in [0.25, 0.3) is 5.56 Å². The number of nitrogens with one attached hydrogen (secondary N) is 1. The Kier molecular flexibility index (Phi) is 4.96. The van der Waals surface area contributed by atoms with Gasteiger partial charge in [-0.15, -0.1) is 0 Å². The summed E-state index contributed by atoms with van der Waals surface area (Å²) in [7, 11) is -3.25. The fourth-order valence-electron chi connectivity index (χ4n) is 2.99. The molecule has 25 heavy (non-hydrogen) atoms. The molecule has 0 aliphatic carbocycles. The summed E-state index contributed by atoms with van der Waals surface area (Å²) in [5.74, 6) is 0.563. The van der Waals surface area contributed by atoms with Crippen molar-refractivity contribution in [2.45, 2.75) is 36.8 Å². The lowest BCUT2D eigenvalue weighted by atomic mass is 10.0. The smallest absolute Gasteiger partial charge is 0.258 e. The third-order valence-corrected chi connectivity index (χ3v) is 5.44. The number of hydrogen-bond donors (Lipinski definition) is 1. The van der Waals surface area contributed by atoms with E-state index in [9.17, 15) is 13.2 Å². The van der Waals surface area contributed by atoms with Crippen LogP contribution in [0.25, 0.3) is 5.69 Å². The molecule has 1 aromatic carbocycles. The lowest BCUT2D eigenvalue weighted by molar-refractivity contribution is 0.143. The van der Waals surface area contributed by atoms with Crippen molar-refractivity contribution < 1.29 is 13.2 Å². The van der Waals surface area contributed by atoms with Gasteiger partial charge in [0.05, 0.1) is 4.90 Å². The molecule has 0 bridgehead atoms. The van der Waals surface area contributed by atoms with Crippen LogP contribution in [-0.4, -0.2) is 37.9 Å². The number of rotatable bonds is 4. The molecule has 2 heterocycles. The summed E-state index contributed by atoms with van der Waals surface area (Å²) >= 11 is 0. The standard InChI is InChI=1S/C18H22N2O4S/c1-13-11-15(7-9-19-13)24-16-8-10-20(18(21)12-16)14-3-5-17(6-4-14)25(2,22)23/h3-6,8,10,12-13,15,19H,7,9,11H2,1-2H3. The maximum atomic E-state index is 12.4. The van der Waals surface area contributed by atoms with Gasteiger partial charge in [-0.1, -0.05) is 0 Å². The fraction of sp³-hybridized carbons (Fsp3) is 0.389. The molecule has 1 fully saturated rings. The average Bonchev–Trinajstić information content (AvgIpc) is 2.54. The highest BCUT2D eigenvalue weighted by molar-refractivity contribution is 7.90. The third kappa shape index (κ3) is 4.29. The summed E-state index contributed by atoms with van der Waals surface area (Å²) in [5.41, 5.74) is 0.394. The summed E-state index contributed by atoms with van der Waals surface area (Å²) in [6.07, 6.45) is 4.75. The molecule has 2 unspecified atom stereocenters. The number of ether oxygens (including phenoxy) is 1. The van der Waals surface area contributed by atoms with Crippen molar-refractivity contribution in [2.75, 3.05) is 12.8 Å². The Bertz CT molecular complexity index is 903. The molecule has 1 aliphatic rings. The first-order valence-corrected chi connectivity index (χ1v) is 10.2. The summed E-state index contributed by atoms with van der Waals surface area (Å²) in [5, 5.41) is 3.37. The number of nitrogens with zero attached hydrogens (tertiary/aromatic N) is 1. The first-order chi connectivity index (χ1) is 11.8. The van der Waals surface area contributed by atoms with Crippen LogP contribution in [0.3, 0.4) is 0 Å². The molecule has 1 saturated heterocycles. The van der Waals surface area contributed by atoms with Gasteiger partial charge in [-0.3, -0.25) is 9.36 Å². The molecule has 1 aromatic heterocycles. The van der Waals surface area contributed by atoms with Gasteiger partial charge >= 0.3 is 0 Å². The third-order valence-electron chi connectivity index (χ3n) is 4.31. The minimum Gasteiger partial charge on any atom is -0.490 e. The van der Waals surface area contributed by atoms with E-state index in [2.05, 4.69) is 12.2 Å².